The number of hydrogen-bond donors (Lipinski definition) is 0. The lowest BCUT2D eigenvalue weighted by Crippen LogP contribution is -2.26. The molecular formula is C12H15NO5. The first-order valence-electron chi connectivity index (χ1n) is 5.45. The van der Waals surface area contributed by atoms with E-state index in [9.17, 15) is 9.59 Å². The Morgan fingerprint density at radius 1 is 1.44 bits per heavy atom. The summed E-state index contributed by atoms with van der Waals surface area (Å²) in [7, 11) is 1.27. The predicted molar refractivity (Wildman–Crippen MR) is 62.3 cm³/mol. The third kappa shape index (κ3) is 3.44. The van der Waals surface area contributed by atoms with Crippen molar-refractivity contribution in [1.82, 2.24) is 4.98 Å². The van der Waals surface area contributed by atoms with Crippen LogP contribution < -0.4 is 4.74 Å². The maximum atomic E-state index is 11.5. The average Bonchev–Trinajstić information content (AvgIpc) is 2.38. The number of carbonyl (C=O) groups is 2. The van der Waals surface area contributed by atoms with Gasteiger partial charge in [0.25, 0.3) is 0 Å². The summed E-state index contributed by atoms with van der Waals surface area (Å²) in [6, 6.07) is 1.46. The van der Waals surface area contributed by atoms with Crippen molar-refractivity contribution < 1.29 is 23.8 Å². The van der Waals surface area contributed by atoms with Gasteiger partial charge in [-0.2, -0.15) is 0 Å². The molecule has 0 aromatic carbocycles. The number of carbonyl (C=O) groups excluding carboxylic acids is 2. The first kappa shape index (κ1) is 14.0. The van der Waals surface area contributed by atoms with Crippen LogP contribution in [0, 0.1) is 0 Å². The van der Waals surface area contributed by atoms with Gasteiger partial charge in [-0.15, -0.1) is 0 Å². The summed E-state index contributed by atoms with van der Waals surface area (Å²) in [4.78, 5) is 26.7. The molecule has 1 heterocycles. The molecule has 1 rings (SSSR count). The molecule has 0 aliphatic heterocycles. The summed E-state index contributed by atoms with van der Waals surface area (Å²) in [5, 5.41) is 0. The van der Waals surface area contributed by atoms with E-state index >= 15 is 0 Å². The number of pyridine rings is 1. The zero-order chi connectivity index (χ0) is 13.5. The molecule has 6 heteroatoms. The lowest BCUT2D eigenvalue weighted by atomic mass is 10.2. The molecule has 0 spiro atoms. The second-order valence-corrected chi connectivity index (χ2v) is 3.38. The van der Waals surface area contributed by atoms with Gasteiger partial charge in [0.05, 0.1) is 19.9 Å². The van der Waals surface area contributed by atoms with Crippen molar-refractivity contribution in [1.29, 1.82) is 0 Å². The quantitative estimate of drug-likeness (QED) is 0.734. The SMILES string of the molecule is CCOC(=O)C(C)Oc1cnccc1C(=O)OC. The Hall–Kier alpha value is -2.11. The number of nitrogens with zero attached hydrogens (tertiary/aromatic N) is 1. The van der Waals surface area contributed by atoms with Crippen molar-refractivity contribution in [2.75, 3.05) is 13.7 Å². The van der Waals surface area contributed by atoms with E-state index in [2.05, 4.69) is 9.72 Å². The zero-order valence-corrected chi connectivity index (χ0v) is 10.5. The van der Waals surface area contributed by atoms with Crippen LogP contribution in [0.2, 0.25) is 0 Å². The van der Waals surface area contributed by atoms with E-state index in [0.717, 1.165) is 0 Å². The van der Waals surface area contributed by atoms with Gasteiger partial charge in [0.2, 0.25) is 0 Å². The Morgan fingerprint density at radius 3 is 2.78 bits per heavy atom. The lowest BCUT2D eigenvalue weighted by molar-refractivity contribution is -0.150. The van der Waals surface area contributed by atoms with Crippen molar-refractivity contribution in [3.05, 3.63) is 24.0 Å². The number of esters is 2. The molecule has 1 atom stereocenters. The van der Waals surface area contributed by atoms with Gasteiger partial charge in [0.15, 0.2) is 11.9 Å². The second kappa shape index (κ2) is 6.58. The summed E-state index contributed by atoms with van der Waals surface area (Å²) in [5.74, 6) is -0.870. The van der Waals surface area contributed by atoms with Gasteiger partial charge < -0.3 is 14.2 Å². The van der Waals surface area contributed by atoms with Crippen LogP contribution >= 0.6 is 0 Å². The summed E-state index contributed by atoms with van der Waals surface area (Å²) < 4.78 is 14.8. The van der Waals surface area contributed by atoms with Gasteiger partial charge in [-0.05, 0) is 19.9 Å². The molecule has 0 aliphatic rings. The lowest BCUT2D eigenvalue weighted by Gasteiger charge is -2.14. The average molecular weight is 253 g/mol. The molecule has 0 fully saturated rings. The molecule has 0 N–H and O–H groups in total. The highest BCUT2D eigenvalue weighted by Gasteiger charge is 2.20. The van der Waals surface area contributed by atoms with Gasteiger partial charge in [-0.3, -0.25) is 4.98 Å². The number of ether oxygens (including phenoxy) is 3. The molecule has 98 valence electrons. The number of methoxy groups -OCH3 is 1. The van der Waals surface area contributed by atoms with Crippen LogP contribution in [0.1, 0.15) is 24.2 Å². The summed E-state index contributed by atoms with van der Waals surface area (Å²) in [5.41, 5.74) is 0.212. The Kier molecular flexibility index (Phi) is 5.10. The Balaban J connectivity index is 2.84. The standard InChI is InChI=1S/C12H15NO5/c1-4-17-11(14)8(2)18-10-7-13-6-5-9(10)12(15)16-3/h5-8H,4H2,1-3H3. The fraction of sp³-hybridized carbons (Fsp3) is 0.417. The first-order valence-corrected chi connectivity index (χ1v) is 5.45. The van der Waals surface area contributed by atoms with E-state index in [1.54, 1.807) is 6.92 Å². The Labute approximate surface area is 105 Å². The number of aromatic nitrogens is 1. The molecular weight excluding hydrogens is 238 g/mol. The number of rotatable bonds is 5. The van der Waals surface area contributed by atoms with Crippen molar-refractivity contribution >= 4 is 11.9 Å². The minimum absolute atomic E-state index is 0.185. The minimum atomic E-state index is -0.822. The molecule has 1 unspecified atom stereocenters. The van der Waals surface area contributed by atoms with Crippen LogP contribution in [0.15, 0.2) is 18.5 Å². The van der Waals surface area contributed by atoms with Gasteiger partial charge in [0, 0.05) is 6.20 Å². The highest BCUT2D eigenvalue weighted by molar-refractivity contribution is 5.92. The van der Waals surface area contributed by atoms with Gasteiger partial charge >= 0.3 is 11.9 Å². The maximum Gasteiger partial charge on any atom is 0.347 e. The van der Waals surface area contributed by atoms with Crippen LogP contribution in [0.5, 0.6) is 5.75 Å². The predicted octanol–water partition coefficient (Wildman–Crippen LogP) is 1.20. The highest BCUT2D eigenvalue weighted by atomic mass is 16.6. The normalized spacial score (nSPS) is 11.5. The third-order valence-corrected chi connectivity index (χ3v) is 2.11. The van der Waals surface area contributed by atoms with Crippen LogP contribution in [-0.4, -0.2) is 36.7 Å². The summed E-state index contributed by atoms with van der Waals surface area (Å²) in [6.07, 6.45) is 1.97. The number of hydrogen-bond acceptors (Lipinski definition) is 6. The van der Waals surface area contributed by atoms with E-state index in [-0.39, 0.29) is 17.9 Å². The van der Waals surface area contributed by atoms with Crippen molar-refractivity contribution in [3.8, 4) is 5.75 Å². The van der Waals surface area contributed by atoms with Crippen LogP contribution in [-0.2, 0) is 14.3 Å². The molecule has 0 radical (unpaired) electrons. The van der Waals surface area contributed by atoms with Gasteiger partial charge in [0.1, 0.15) is 5.56 Å². The third-order valence-electron chi connectivity index (χ3n) is 2.11. The molecule has 0 aliphatic carbocycles. The van der Waals surface area contributed by atoms with Gasteiger partial charge in [-0.25, -0.2) is 9.59 Å². The molecule has 0 saturated heterocycles. The maximum absolute atomic E-state index is 11.5. The molecule has 0 amide bonds. The molecule has 1 aromatic heterocycles. The fourth-order valence-electron chi connectivity index (χ4n) is 1.25. The molecule has 0 bridgehead atoms. The topological polar surface area (TPSA) is 74.7 Å². The van der Waals surface area contributed by atoms with Gasteiger partial charge in [-0.1, -0.05) is 0 Å². The zero-order valence-electron chi connectivity index (χ0n) is 10.5. The smallest absolute Gasteiger partial charge is 0.347 e. The van der Waals surface area contributed by atoms with Crippen molar-refractivity contribution in [3.63, 3.8) is 0 Å². The molecule has 6 nitrogen and oxygen atoms in total. The van der Waals surface area contributed by atoms with Crippen LogP contribution in [0.25, 0.3) is 0 Å². The minimum Gasteiger partial charge on any atom is -0.476 e. The van der Waals surface area contributed by atoms with E-state index < -0.39 is 18.0 Å². The van der Waals surface area contributed by atoms with Crippen LogP contribution in [0.3, 0.4) is 0 Å². The largest absolute Gasteiger partial charge is 0.476 e. The Morgan fingerprint density at radius 2 is 2.17 bits per heavy atom. The van der Waals surface area contributed by atoms with E-state index in [1.807, 2.05) is 0 Å². The van der Waals surface area contributed by atoms with Crippen molar-refractivity contribution in [2.24, 2.45) is 0 Å². The summed E-state index contributed by atoms with van der Waals surface area (Å²) >= 11 is 0. The first-order chi connectivity index (χ1) is 8.60. The molecule has 18 heavy (non-hydrogen) atoms. The molecule has 1 aromatic rings. The van der Waals surface area contributed by atoms with E-state index in [1.165, 1.54) is 32.5 Å². The monoisotopic (exact) mass is 253 g/mol. The Bertz CT molecular complexity index is 432. The van der Waals surface area contributed by atoms with Crippen LogP contribution in [0.4, 0.5) is 0 Å². The van der Waals surface area contributed by atoms with E-state index in [4.69, 9.17) is 9.47 Å². The fourth-order valence-corrected chi connectivity index (χ4v) is 1.25. The molecule has 0 saturated carbocycles. The highest BCUT2D eigenvalue weighted by Crippen LogP contribution is 2.19. The van der Waals surface area contributed by atoms with Crippen molar-refractivity contribution in [2.45, 2.75) is 20.0 Å². The summed E-state index contributed by atoms with van der Waals surface area (Å²) in [6.45, 7) is 3.50. The second-order valence-electron chi connectivity index (χ2n) is 3.38. The van der Waals surface area contributed by atoms with E-state index in [0.29, 0.717) is 0 Å².